The van der Waals surface area contributed by atoms with Crippen LogP contribution in [0.3, 0.4) is 0 Å². The number of carboxylic acid groups (broad SMARTS) is 1. The lowest BCUT2D eigenvalue weighted by Crippen LogP contribution is -2.18. The summed E-state index contributed by atoms with van der Waals surface area (Å²) in [5, 5.41) is 15.0. The molecular weight excluding hydrogens is 330 g/mol. The summed E-state index contributed by atoms with van der Waals surface area (Å²) in [6, 6.07) is 8.03. The van der Waals surface area contributed by atoms with Gasteiger partial charge in [0.25, 0.3) is 0 Å². The van der Waals surface area contributed by atoms with Gasteiger partial charge in [-0.15, -0.1) is 0 Å². The number of aryl methyl sites for hydroxylation is 3. The second kappa shape index (κ2) is 7.25. The van der Waals surface area contributed by atoms with Crippen molar-refractivity contribution in [2.45, 2.75) is 40.3 Å². The Morgan fingerprint density at radius 2 is 1.92 bits per heavy atom. The topological polar surface area (TPSA) is 77.2 Å². The van der Waals surface area contributed by atoms with E-state index in [-0.39, 0.29) is 0 Å². The maximum absolute atomic E-state index is 11.9. The average molecular weight is 353 g/mol. The summed E-state index contributed by atoms with van der Waals surface area (Å²) < 4.78 is 7.39. The minimum Gasteiger partial charge on any atom is -0.479 e. The summed E-state index contributed by atoms with van der Waals surface area (Å²) in [7, 11) is 0. The average Bonchev–Trinajstić information content (AvgIpc) is 3.02. The predicted molar refractivity (Wildman–Crippen MR) is 100 cm³/mol. The molecule has 0 saturated carbocycles. The number of carboxylic acids is 1. The van der Waals surface area contributed by atoms with Gasteiger partial charge in [-0.05, 0) is 33.3 Å². The molecule has 1 N–H and O–H groups in total. The van der Waals surface area contributed by atoms with Gasteiger partial charge in [0.2, 0.25) is 0 Å². The van der Waals surface area contributed by atoms with Crippen molar-refractivity contribution in [3.05, 3.63) is 47.3 Å². The molecule has 6 heteroatoms. The summed E-state index contributed by atoms with van der Waals surface area (Å²) in [5.41, 5.74) is 4.89. The zero-order valence-electron chi connectivity index (χ0n) is 15.5. The standard InChI is InChI=1S/C20H23N3O3/c1-5-23-19-15(11-21-23)17(14-9-7-12(3)8-10-14)16(13(4)22-19)18(20(24)25)26-6-2/h7-11,18H,5-6H2,1-4H3,(H,24,25). The number of aromatic nitrogens is 3. The Morgan fingerprint density at radius 1 is 1.23 bits per heavy atom. The molecule has 6 nitrogen and oxygen atoms in total. The fraction of sp³-hybridized carbons (Fsp3) is 0.350. The number of nitrogens with zero attached hydrogens (tertiary/aromatic N) is 3. The lowest BCUT2D eigenvalue weighted by molar-refractivity contribution is -0.150. The van der Waals surface area contributed by atoms with Crippen LogP contribution >= 0.6 is 0 Å². The first kappa shape index (κ1) is 18.1. The van der Waals surface area contributed by atoms with E-state index in [0.29, 0.717) is 24.4 Å². The molecule has 1 unspecified atom stereocenters. The summed E-state index contributed by atoms with van der Waals surface area (Å²) in [6.07, 6.45) is 0.688. The molecule has 3 aromatic rings. The van der Waals surface area contributed by atoms with Gasteiger partial charge < -0.3 is 9.84 Å². The molecule has 0 aliphatic carbocycles. The highest BCUT2D eigenvalue weighted by Gasteiger charge is 2.29. The second-order valence-electron chi connectivity index (χ2n) is 6.22. The lowest BCUT2D eigenvalue weighted by atomic mass is 9.92. The van der Waals surface area contributed by atoms with Gasteiger partial charge in [-0.25, -0.2) is 14.5 Å². The number of ether oxygens (including phenoxy) is 1. The molecule has 3 rings (SSSR count). The van der Waals surface area contributed by atoms with Crippen molar-refractivity contribution >= 4 is 17.0 Å². The fourth-order valence-electron chi connectivity index (χ4n) is 3.25. The molecule has 0 aliphatic rings. The van der Waals surface area contributed by atoms with Crippen LogP contribution in [-0.2, 0) is 16.1 Å². The van der Waals surface area contributed by atoms with Crippen molar-refractivity contribution < 1.29 is 14.6 Å². The zero-order valence-corrected chi connectivity index (χ0v) is 15.5. The van der Waals surface area contributed by atoms with E-state index in [1.807, 2.05) is 49.7 Å². The first-order chi connectivity index (χ1) is 12.5. The van der Waals surface area contributed by atoms with Crippen LogP contribution in [0.15, 0.2) is 30.5 Å². The van der Waals surface area contributed by atoms with E-state index in [1.165, 1.54) is 0 Å². The molecular formula is C20H23N3O3. The quantitative estimate of drug-likeness (QED) is 0.727. The minimum absolute atomic E-state index is 0.302. The first-order valence-corrected chi connectivity index (χ1v) is 8.75. The zero-order chi connectivity index (χ0) is 18.8. The monoisotopic (exact) mass is 353 g/mol. The van der Waals surface area contributed by atoms with Gasteiger partial charge in [0.1, 0.15) is 0 Å². The van der Waals surface area contributed by atoms with Crippen molar-refractivity contribution in [1.82, 2.24) is 14.8 Å². The Kier molecular flexibility index (Phi) is 5.04. The summed E-state index contributed by atoms with van der Waals surface area (Å²) >= 11 is 0. The number of hydrogen-bond acceptors (Lipinski definition) is 4. The Labute approximate surface area is 152 Å². The van der Waals surface area contributed by atoms with Crippen LogP contribution in [0.2, 0.25) is 0 Å². The Balaban J connectivity index is 2.38. The molecule has 0 bridgehead atoms. The number of carbonyl (C=O) groups is 1. The highest BCUT2D eigenvalue weighted by Crippen LogP contribution is 2.37. The number of pyridine rings is 1. The molecule has 2 aromatic heterocycles. The number of hydrogen-bond donors (Lipinski definition) is 1. The van der Waals surface area contributed by atoms with E-state index >= 15 is 0 Å². The SMILES string of the molecule is CCOC(C(=O)O)c1c(C)nc2c(cnn2CC)c1-c1ccc(C)cc1. The van der Waals surface area contributed by atoms with Gasteiger partial charge >= 0.3 is 5.97 Å². The Bertz CT molecular complexity index is 945. The van der Waals surface area contributed by atoms with Crippen molar-refractivity contribution in [3.63, 3.8) is 0 Å². The van der Waals surface area contributed by atoms with Crippen LogP contribution in [0.4, 0.5) is 0 Å². The lowest BCUT2D eigenvalue weighted by Gasteiger charge is -2.20. The third-order valence-electron chi connectivity index (χ3n) is 4.47. The van der Waals surface area contributed by atoms with Gasteiger partial charge in [-0.2, -0.15) is 5.10 Å². The summed E-state index contributed by atoms with van der Waals surface area (Å²) in [6.45, 7) is 8.63. The largest absolute Gasteiger partial charge is 0.479 e. The van der Waals surface area contributed by atoms with Crippen molar-refractivity contribution in [2.24, 2.45) is 0 Å². The molecule has 0 radical (unpaired) electrons. The minimum atomic E-state index is -1.07. The van der Waals surface area contributed by atoms with E-state index in [9.17, 15) is 9.90 Å². The van der Waals surface area contributed by atoms with Crippen LogP contribution in [0.1, 0.15) is 36.8 Å². The molecule has 0 saturated heterocycles. The van der Waals surface area contributed by atoms with Crippen LogP contribution in [-0.4, -0.2) is 32.4 Å². The molecule has 2 heterocycles. The van der Waals surface area contributed by atoms with Gasteiger partial charge in [-0.1, -0.05) is 29.8 Å². The van der Waals surface area contributed by atoms with Crippen molar-refractivity contribution in [3.8, 4) is 11.1 Å². The molecule has 0 fully saturated rings. The van der Waals surface area contributed by atoms with Crippen LogP contribution in [0.5, 0.6) is 0 Å². The predicted octanol–water partition coefficient (Wildman–Crippen LogP) is 3.90. The Hall–Kier alpha value is -2.73. The maximum Gasteiger partial charge on any atom is 0.337 e. The normalized spacial score (nSPS) is 12.5. The van der Waals surface area contributed by atoms with Crippen LogP contribution < -0.4 is 0 Å². The molecule has 0 spiro atoms. The van der Waals surface area contributed by atoms with E-state index in [4.69, 9.17) is 4.74 Å². The summed E-state index contributed by atoms with van der Waals surface area (Å²) in [5.74, 6) is -1.02. The highest BCUT2D eigenvalue weighted by molar-refractivity contribution is 5.97. The van der Waals surface area contributed by atoms with Crippen molar-refractivity contribution in [2.75, 3.05) is 6.61 Å². The number of rotatable bonds is 6. The first-order valence-electron chi connectivity index (χ1n) is 8.75. The van der Waals surface area contributed by atoms with E-state index in [1.54, 1.807) is 13.1 Å². The molecule has 136 valence electrons. The highest BCUT2D eigenvalue weighted by atomic mass is 16.5. The smallest absolute Gasteiger partial charge is 0.337 e. The number of benzene rings is 1. The number of fused-ring (bicyclic) bond motifs is 1. The second-order valence-corrected chi connectivity index (χ2v) is 6.22. The van der Waals surface area contributed by atoms with Crippen LogP contribution in [0, 0.1) is 13.8 Å². The maximum atomic E-state index is 11.9. The molecule has 0 aliphatic heterocycles. The third kappa shape index (κ3) is 3.08. The van der Waals surface area contributed by atoms with E-state index < -0.39 is 12.1 Å². The third-order valence-corrected chi connectivity index (χ3v) is 4.47. The van der Waals surface area contributed by atoms with E-state index in [2.05, 4.69) is 10.1 Å². The number of aliphatic carboxylic acids is 1. The fourth-order valence-corrected chi connectivity index (χ4v) is 3.25. The van der Waals surface area contributed by atoms with Crippen LogP contribution in [0.25, 0.3) is 22.2 Å². The molecule has 1 aromatic carbocycles. The van der Waals surface area contributed by atoms with Gasteiger partial charge in [0.05, 0.1) is 6.20 Å². The Morgan fingerprint density at radius 3 is 2.50 bits per heavy atom. The van der Waals surface area contributed by atoms with Gasteiger partial charge in [0, 0.05) is 35.4 Å². The summed E-state index contributed by atoms with van der Waals surface area (Å²) in [4.78, 5) is 16.6. The van der Waals surface area contributed by atoms with Gasteiger partial charge in [-0.3, -0.25) is 0 Å². The van der Waals surface area contributed by atoms with E-state index in [0.717, 1.165) is 27.7 Å². The molecule has 1 atom stereocenters. The molecule has 0 amide bonds. The molecule has 26 heavy (non-hydrogen) atoms. The van der Waals surface area contributed by atoms with Gasteiger partial charge in [0.15, 0.2) is 11.8 Å². The van der Waals surface area contributed by atoms with Crippen molar-refractivity contribution in [1.29, 1.82) is 0 Å².